The van der Waals surface area contributed by atoms with Crippen molar-refractivity contribution in [2.24, 2.45) is 0 Å². The highest BCUT2D eigenvalue weighted by atomic mass is 16.5. The van der Waals surface area contributed by atoms with Crippen LogP contribution in [0.4, 0.5) is 0 Å². The van der Waals surface area contributed by atoms with Gasteiger partial charge in [-0.05, 0) is 47.5 Å². The topological polar surface area (TPSA) is 78.4 Å². The molecule has 28 heavy (non-hydrogen) atoms. The molecule has 0 amide bonds. The summed E-state index contributed by atoms with van der Waals surface area (Å²) >= 11 is 0. The van der Waals surface area contributed by atoms with Gasteiger partial charge >= 0.3 is 5.97 Å². The van der Waals surface area contributed by atoms with Crippen LogP contribution in [-0.2, 0) is 4.79 Å². The molecule has 5 rings (SSSR count). The highest BCUT2D eigenvalue weighted by molar-refractivity contribution is 6.15. The molecule has 0 spiro atoms. The van der Waals surface area contributed by atoms with Crippen LogP contribution in [0.15, 0.2) is 66.9 Å². The van der Waals surface area contributed by atoms with Crippen molar-refractivity contribution in [1.82, 2.24) is 9.97 Å². The lowest BCUT2D eigenvalue weighted by Crippen LogP contribution is -2.21. The van der Waals surface area contributed by atoms with E-state index in [1.54, 1.807) is 49.1 Å². The van der Waals surface area contributed by atoms with Crippen LogP contribution >= 0.6 is 0 Å². The fourth-order valence-corrected chi connectivity index (χ4v) is 3.60. The second-order valence-corrected chi connectivity index (χ2v) is 6.59. The van der Waals surface area contributed by atoms with E-state index < -0.39 is 0 Å². The molecule has 2 aliphatic heterocycles. The molecular formula is C22H14N2O4. The van der Waals surface area contributed by atoms with Crippen molar-refractivity contribution >= 4 is 17.8 Å². The fraction of sp³-hybridized carbons (Fsp3) is 0.0909. The smallest absolute Gasteiger partial charge is 0.312 e. The number of benzene rings is 1. The van der Waals surface area contributed by atoms with E-state index in [1.807, 2.05) is 18.2 Å². The predicted molar refractivity (Wildman–Crippen MR) is 99.9 cm³/mol. The Labute approximate surface area is 160 Å². The summed E-state index contributed by atoms with van der Waals surface area (Å²) in [6, 6.07) is 10.7. The number of carbonyl (C=O) groups is 2. The number of ether oxygens (including phenoxy) is 2. The molecule has 0 fully saturated rings. The van der Waals surface area contributed by atoms with Gasteiger partial charge in [0.2, 0.25) is 5.78 Å². The molecule has 0 unspecified atom stereocenters. The number of ketones is 1. The van der Waals surface area contributed by atoms with E-state index in [9.17, 15) is 9.59 Å². The summed E-state index contributed by atoms with van der Waals surface area (Å²) in [5.74, 6) is 0.317. The molecule has 0 bridgehead atoms. The van der Waals surface area contributed by atoms with E-state index >= 15 is 0 Å². The molecule has 6 heteroatoms. The largest absolute Gasteiger partial charge is 0.452 e. The standard InChI is InChI=1S/C22H14N2O4/c25-19-11-16(14-5-8-23-9-6-14)20-17(27-19)4-3-15-21(26)18(28-22(15)20)10-13-2-1-7-24-12-13/h1-10,12,16H,11H2/b18-10-/t16-/m1/s1. The van der Waals surface area contributed by atoms with Gasteiger partial charge in [0.15, 0.2) is 5.76 Å². The van der Waals surface area contributed by atoms with Gasteiger partial charge in [0, 0.05) is 36.3 Å². The summed E-state index contributed by atoms with van der Waals surface area (Å²) in [6.07, 6.45) is 8.52. The molecule has 1 aromatic carbocycles. The van der Waals surface area contributed by atoms with Crippen molar-refractivity contribution in [3.05, 3.63) is 89.2 Å². The summed E-state index contributed by atoms with van der Waals surface area (Å²) in [6.45, 7) is 0. The number of allylic oxidation sites excluding steroid dienone is 1. The Bertz CT molecular complexity index is 1120. The van der Waals surface area contributed by atoms with Gasteiger partial charge in [-0.3, -0.25) is 19.6 Å². The number of pyridine rings is 2. The molecule has 2 aromatic heterocycles. The predicted octanol–water partition coefficient (Wildman–Crippen LogP) is 3.53. The molecule has 136 valence electrons. The van der Waals surface area contributed by atoms with Crippen molar-refractivity contribution in [3.8, 4) is 11.5 Å². The average Bonchev–Trinajstić information content (AvgIpc) is 3.04. The lowest BCUT2D eigenvalue weighted by atomic mass is 9.85. The van der Waals surface area contributed by atoms with E-state index in [2.05, 4.69) is 9.97 Å². The molecule has 6 nitrogen and oxygen atoms in total. The van der Waals surface area contributed by atoms with E-state index in [-0.39, 0.29) is 29.9 Å². The highest BCUT2D eigenvalue weighted by Crippen LogP contribution is 2.48. The molecule has 0 saturated carbocycles. The van der Waals surface area contributed by atoms with E-state index in [1.165, 1.54) is 0 Å². The summed E-state index contributed by atoms with van der Waals surface area (Å²) in [5.41, 5.74) is 2.86. The van der Waals surface area contributed by atoms with Gasteiger partial charge in [-0.1, -0.05) is 6.07 Å². The minimum atomic E-state index is -0.315. The van der Waals surface area contributed by atoms with Crippen molar-refractivity contribution in [1.29, 1.82) is 0 Å². The maximum atomic E-state index is 12.9. The third-order valence-corrected chi connectivity index (χ3v) is 4.87. The quantitative estimate of drug-likeness (QED) is 0.390. The van der Waals surface area contributed by atoms with Crippen LogP contribution in [0.5, 0.6) is 11.5 Å². The number of esters is 1. The number of hydrogen-bond donors (Lipinski definition) is 0. The Morgan fingerprint density at radius 1 is 0.964 bits per heavy atom. The van der Waals surface area contributed by atoms with Gasteiger partial charge in [0.25, 0.3) is 0 Å². The average molecular weight is 370 g/mol. The number of fused-ring (bicyclic) bond motifs is 3. The summed E-state index contributed by atoms with van der Waals surface area (Å²) < 4.78 is 11.4. The molecule has 1 atom stereocenters. The molecule has 0 N–H and O–H groups in total. The number of nitrogens with zero attached hydrogens (tertiary/aromatic N) is 2. The first-order chi connectivity index (χ1) is 13.7. The summed E-state index contributed by atoms with van der Waals surface area (Å²) in [4.78, 5) is 33.1. The zero-order chi connectivity index (χ0) is 19.1. The Hall–Kier alpha value is -3.80. The number of hydrogen-bond acceptors (Lipinski definition) is 6. The second-order valence-electron chi connectivity index (χ2n) is 6.59. The maximum absolute atomic E-state index is 12.9. The number of Topliss-reactive ketones (excluding diaryl/α,β-unsaturated/α-hetero) is 1. The third kappa shape index (κ3) is 2.66. The highest BCUT2D eigenvalue weighted by Gasteiger charge is 2.38. The van der Waals surface area contributed by atoms with Gasteiger partial charge in [0.1, 0.15) is 11.5 Å². The van der Waals surface area contributed by atoms with Crippen molar-refractivity contribution in [2.45, 2.75) is 12.3 Å². The van der Waals surface area contributed by atoms with Crippen LogP contribution in [-0.4, -0.2) is 21.7 Å². The van der Waals surface area contributed by atoms with Crippen LogP contribution in [0.25, 0.3) is 6.08 Å². The van der Waals surface area contributed by atoms with Crippen molar-refractivity contribution in [3.63, 3.8) is 0 Å². The SMILES string of the molecule is O=C1C[C@H](c2ccncc2)c2c(ccc3c2O/C(=C\c2cccnc2)C3=O)O1. The van der Waals surface area contributed by atoms with Crippen LogP contribution in [0, 0.1) is 0 Å². The van der Waals surface area contributed by atoms with Gasteiger partial charge < -0.3 is 9.47 Å². The Kier molecular flexibility index (Phi) is 3.76. The molecule has 4 heterocycles. The van der Waals surface area contributed by atoms with Crippen LogP contribution in [0.3, 0.4) is 0 Å². The zero-order valence-electron chi connectivity index (χ0n) is 14.7. The third-order valence-electron chi connectivity index (χ3n) is 4.87. The Morgan fingerprint density at radius 2 is 1.82 bits per heavy atom. The van der Waals surface area contributed by atoms with E-state index in [0.717, 1.165) is 11.1 Å². The molecule has 0 saturated heterocycles. The number of aromatic nitrogens is 2. The molecule has 3 aromatic rings. The first-order valence-electron chi connectivity index (χ1n) is 8.82. The zero-order valence-corrected chi connectivity index (χ0v) is 14.7. The normalized spacial score (nSPS) is 19.0. The maximum Gasteiger partial charge on any atom is 0.312 e. The number of carbonyl (C=O) groups excluding carboxylic acids is 2. The Balaban J connectivity index is 1.63. The first kappa shape index (κ1) is 16.4. The summed E-state index contributed by atoms with van der Waals surface area (Å²) in [5, 5.41) is 0. The van der Waals surface area contributed by atoms with Crippen molar-refractivity contribution < 1.29 is 19.1 Å². The minimum absolute atomic E-state index is 0.173. The van der Waals surface area contributed by atoms with Gasteiger partial charge in [-0.25, -0.2) is 0 Å². The first-order valence-corrected chi connectivity index (χ1v) is 8.82. The lowest BCUT2D eigenvalue weighted by Gasteiger charge is -2.26. The lowest BCUT2D eigenvalue weighted by molar-refractivity contribution is -0.135. The van der Waals surface area contributed by atoms with Crippen LogP contribution in [0.2, 0.25) is 0 Å². The van der Waals surface area contributed by atoms with E-state index in [4.69, 9.17) is 9.47 Å². The van der Waals surface area contributed by atoms with Crippen LogP contribution < -0.4 is 9.47 Å². The molecule has 2 aliphatic rings. The molecular weight excluding hydrogens is 356 g/mol. The Morgan fingerprint density at radius 3 is 2.61 bits per heavy atom. The summed E-state index contributed by atoms with van der Waals surface area (Å²) in [7, 11) is 0. The molecule has 0 radical (unpaired) electrons. The van der Waals surface area contributed by atoms with Crippen LogP contribution in [0.1, 0.15) is 39.4 Å². The van der Waals surface area contributed by atoms with Gasteiger partial charge in [-0.15, -0.1) is 0 Å². The fourth-order valence-electron chi connectivity index (χ4n) is 3.60. The molecule has 0 aliphatic carbocycles. The second kappa shape index (κ2) is 6.42. The monoisotopic (exact) mass is 370 g/mol. The van der Waals surface area contributed by atoms with Gasteiger partial charge in [-0.2, -0.15) is 0 Å². The number of rotatable bonds is 2. The van der Waals surface area contributed by atoms with E-state index in [0.29, 0.717) is 22.6 Å². The minimum Gasteiger partial charge on any atom is -0.452 e. The van der Waals surface area contributed by atoms with Crippen molar-refractivity contribution in [2.75, 3.05) is 0 Å². The van der Waals surface area contributed by atoms with Gasteiger partial charge in [0.05, 0.1) is 12.0 Å².